The van der Waals surface area contributed by atoms with Crippen LogP contribution in [0.25, 0.3) is 0 Å². The first kappa shape index (κ1) is 16.2. The van der Waals surface area contributed by atoms with Crippen LogP contribution in [-0.4, -0.2) is 33.2 Å². The molecule has 1 unspecified atom stereocenters. The summed E-state index contributed by atoms with van der Waals surface area (Å²) < 4.78 is 5.12. The van der Waals surface area contributed by atoms with Crippen LogP contribution in [0, 0.1) is 0 Å². The molecular formula is C15H21N3O4. The smallest absolute Gasteiger partial charge is 0.326 e. The second-order valence-corrected chi connectivity index (χ2v) is 5.50. The van der Waals surface area contributed by atoms with Crippen molar-refractivity contribution in [2.45, 2.75) is 56.9 Å². The highest BCUT2D eigenvalue weighted by Crippen LogP contribution is 2.38. The van der Waals surface area contributed by atoms with Gasteiger partial charge in [0, 0.05) is 18.8 Å². The monoisotopic (exact) mass is 307 g/mol. The van der Waals surface area contributed by atoms with Crippen molar-refractivity contribution in [1.29, 1.82) is 0 Å². The summed E-state index contributed by atoms with van der Waals surface area (Å²) in [5.74, 6) is 0.438. The molecule has 0 bridgehead atoms. The number of aromatic nitrogens is 2. The first-order valence-corrected chi connectivity index (χ1v) is 7.55. The Morgan fingerprint density at radius 2 is 2.27 bits per heavy atom. The highest BCUT2D eigenvalue weighted by atomic mass is 16.5. The van der Waals surface area contributed by atoms with Gasteiger partial charge in [0.1, 0.15) is 6.04 Å². The van der Waals surface area contributed by atoms with E-state index in [2.05, 4.69) is 22.0 Å². The fourth-order valence-electron chi connectivity index (χ4n) is 2.09. The van der Waals surface area contributed by atoms with E-state index in [9.17, 15) is 9.59 Å². The lowest BCUT2D eigenvalue weighted by Gasteiger charge is -2.13. The fourth-order valence-corrected chi connectivity index (χ4v) is 2.09. The van der Waals surface area contributed by atoms with Gasteiger partial charge in [-0.25, -0.2) is 4.79 Å². The number of carboxylic acids is 1. The van der Waals surface area contributed by atoms with Crippen LogP contribution >= 0.6 is 0 Å². The average molecular weight is 307 g/mol. The van der Waals surface area contributed by atoms with Gasteiger partial charge in [0.25, 0.3) is 0 Å². The molecule has 0 aromatic carbocycles. The number of rotatable bonds is 10. The zero-order valence-electron chi connectivity index (χ0n) is 12.5. The standard InChI is InChI=1S/C15H21N3O4/c1-2-3-5-11(15(20)21)16-12(19)6-4-7-13-17-14(18-22-13)10-8-9-10/h2,10-11H,1,3-9H2,(H,16,19)(H,20,21). The first-order valence-electron chi connectivity index (χ1n) is 7.55. The van der Waals surface area contributed by atoms with Gasteiger partial charge in [-0.05, 0) is 32.1 Å². The third-order valence-electron chi connectivity index (χ3n) is 3.51. The number of hydrogen-bond donors (Lipinski definition) is 2. The van der Waals surface area contributed by atoms with E-state index < -0.39 is 12.0 Å². The number of aliphatic carboxylic acids is 1. The molecule has 2 N–H and O–H groups in total. The van der Waals surface area contributed by atoms with E-state index in [1.165, 1.54) is 0 Å². The lowest BCUT2D eigenvalue weighted by Crippen LogP contribution is -2.40. The zero-order valence-corrected chi connectivity index (χ0v) is 12.5. The minimum Gasteiger partial charge on any atom is -0.480 e. The lowest BCUT2D eigenvalue weighted by atomic mass is 10.1. The van der Waals surface area contributed by atoms with Gasteiger partial charge in [0.2, 0.25) is 11.8 Å². The predicted molar refractivity (Wildman–Crippen MR) is 78.2 cm³/mol. The summed E-state index contributed by atoms with van der Waals surface area (Å²) in [5, 5.41) is 15.5. The van der Waals surface area contributed by atoms with Crippen molar-refractivity contribution < 1.29 is 19.2 Å². The molecular weight excluding hydrogens is 286 g/mol. The Morgan fingerprint density at radius 1 is 1.50 bits per heavy atom. The topological polar surface area (TPSA) is 105 Å². The van der Waals surface area contributed by atoms with Crippen LogP contribution < -0.4 is 5.32 Å². The maximum absolute atomic E-state index is 11.8. The van der Waals surface area contributed by atoms with Gasteiger partial charge < -0.3 is 14.9 Å². The van der Waals surface area contributed by atoms with E-state index in [0.29, 0.717) is 37.5 Å². The van der Waals surface area contributed by atoms with E-state index in [4.69, 9.17) is 9.63 Å². The molecule has 1 aliphatic carbocycles. The summed E-state index contributed by atoms with van der Waals surface area (Å²) in [6.07, 6.45) is 6.06. The molecule has 1 saturated carbocycles. The summed E-state index contributed by atoms with van der Waals surface area (Å²) in [6, 6.07) is -0.865. The molecule has 7 heteroatoms. The van der Waals surface area contributed by atoms with E-state index in [1.54, 1.807) is 6.08 Å². The number of nitrogens with one attached hydrogen (secondary N) is 1. The molecule has 0 aliphatic heterocycles. The number of nitrogens with zero attached hydrogens (tertiary/aromatic N) is 2. The van der Waals surface area contributed by atoms with Crippen molar-refractivity contribution in [2.75, 3.05) is 0 Å². The molecule has 22 heavy (non-hydrogen) atoms. The normalized spacial score (nSPS) is 15.3. The van der Waals surface area contributed by atoms with E-state index in [1.807, 2.05) is 0 Å². The average Bonchev–Trinajstić information content (AvgIpc) is 3.23. The van der Waals surface area contributed by atoms with Crippen LogP contribution in [0.15, 0.2) is 17.2 Å². The fraction of sp³-hybridized carbons (Fsp3) is 0.600. The first-order chi connectivity index (χ1) is 10.6. The van der Waals surface area contributed by atoms with Crippen molar-refractivity contribution in [3.8, 4) is 0 Å². The SMILES string of the molecule is C=CCCC(NC(=O)CCCc1nc(C2CC2)no1)C(=O)O. The van der Waals surface area contributed by atoms with Crippen molar-refractivity contribution in [1.82, 2.24) is 15.5 Å². The maximum atomic E-state index is 11.8. The minimum atomic E-state index is -1.03. The van der Waals surface area contributed by atoms with E-state index >= 15 is 0 Å². The van der Waals surface area contributed by atoms with E-state index in [-0.39, 0.29) is 12.3 Å². The van der Waals surface area contributed by atoms with Crippen molar-refractivity contribution >= 4 is 11.9 Å². The second kappa shape index (κ2) is 7.72. The number of carbonyl (C=O) groups is 2. The highest BCUT2D eigenvalue weighted by Gasteiger charge is 2.28. The number of hydrogen-bond acceptors (Lipinski definition) is 5. The second-order valence-electron chi connectivity index (χ2n) is 5.50. The molecule has 0 saturated heterocycles. The Hall–Kier alpha value is -2.18. The lowest BCUT2D eigenvalue weighted by molar-refractivity contribution is -0.142. The highest BCUT2D eigenvalue weighted by molar-refractivity contribution is 5.83. The summed E-state index contributed by atoms with van der Waals surface area (Å²) >= 11 is 0. The molecule has 1 heterocycles. The summed E-state index contributed by atoms with van der Waals surface area (Å²) in [4.78, 5) is 27.1. The number of carboxylic acid groups (broad SMARTS) is 1. The molecule has 120 valence electrons. The Balaban J connectivity index is 1.69. The Morgan fingerprint density at radius 3 is 2.91 bits per heavy atom. The van der Waals surface area contributed by atoms with Gasteiger partial charge in [0.15, 0.2) is 5.82 Å². The number of aryl methyl sites for hydroxylation is 1. The number of allylic oxidation sites excluding steroid dienone is 1. The van der Waals surface area contributed by atoms with Crippen LogP contribution in [-0.2, 0) is 16.0 Å². The largest absolute Gasteiger partial charge is 0.480 e. The molecule has 1 amide bonds. The molecule has 1 aromatic rings. The summed E-state index contributed by atoms with van der Waals surface area (Å²) in [7, 11) is 0. The molecule has 1 fully saturated rings. The van der Waals surface area contributed by atoms with Crippen LogP contribution in [0.5, 0.6) is 0 Å². The van der Waals surface area contributed by atoms with Gasteiger partial charge in [-0.2, -0.15) is 4.98 Å². The van der Waals surface area contributed by atoms with Crippen molar-refractivity contribution in [2.24, 2.45) is 0 Å². The van der Waals surface area contributed by atoms with Crippen LogP contribution in [0.4, 0.5) is 0 Å². The molecule has 0 spiro atoms. The molecule has 1 aromatic heterocycles. The maximum Gasteiger partial charge on any atom is 0.326 e. The van der Waals surface area contributed by atoms with Crippen LogP contribution in [0.2, 0.25) is 0 Å². The van der Waals surface area contributed by atoms with Gasteiger partial charge in [-0.1, -0.05) is 11.2 Å². The predicted octanol–water partition coefficient (Wildman–Crippen LogP) is 1.81. The van der Waals surface area contributed by atoms with E-state index in [0.717, 1.165) is 18.7 Å². The molecule has 0 radical (unpaired) electrons. The Kier molecular flexibility index (Phi) is 5.68. The number of carbonyl (C=O) groups excluding carboxylic acids is 1. The number of amides is 1. The van der Waals surface area contributed by atoms with Gasteiger partial charge in [0.05, 0.1) is 0 Å². The quantitative estimate of drug-likeness (QED) is 0.639. The Labute approximate surface area is 128 Å². The summed E-state index contributed by atoms with van der Waals surface area (Å²) in [6.45, 7) is 3.54. The van der Waals surface area contributed by atoms with Crippen LogP contribution in [0.3, 0.4) is 0 Å². The van der Waals surface area contributed by atoms with Gasteiger partial charge in [-0.3, -0.25) is 4.79 Å². The summed E-state index contributed by atoms with van der Waals surface area (Å²) in [5.41, 5.74) is 0. The minimum absolute atomic E-state index is 0.235. The van der Waals surface area contributed by atoms with Gasteiger partial charge >= 0.3 is 5.97 Å². The third-order valence-corrected chi connectivity index (χ3v) is 3.51. The molecule has 1 aliphatic rings. The zero-order chi connectivity index (χ0) is 15.9. The Bertz CT molecular complexity index is 537. The van der Waals surface area contributed by atoms with Gasteiger partial charge in [-0.15, -0.1) is 6.58 Å². The molecule has 7 nitrogen and oxygen atoms in total. The molecule has 1 atom stereocenters. The van der Waals surface area contributed by atoms with Crippen LogP contribution in [0.1, 0.15) is 56.2 Å². The van der Waals surface area contributed by atoms with Crippen molar-refractivity contribution in [3.05, 3.63) is 24.4 Å². The van der Waals surface area contributed by atoms with Crippen molar-refractivity contribution in [3.63, 3.8) is 0 Å². The molecule has 2 rings (SSSR count). The third kappa shape index (κ3) is 4.98.